The molecule has 3 N–H and O–H groups in total. The highest BCUT2D eigenvalue weighted by molar-refractivity contribution is 7.99. The van der Waals surface area contributed by atoms with Crippen LogP contribution in [0.2, 0.25) is 5.02 Å². The summed E-state index contributed by atoms with van der Waals surface area (Å²) in [6, 6.07) is 3.76. The maximum absolute atomic E-state index is 9.18. The van der Waals surface area contributed by atoms with Crippen molar-refractivity contribution in [2.75, 3.05) is 6.61 Å². The molecule has 0 bridgehead atoms. The molecular formula is C11H15ClN2OS. The minimum atomic E-state index is -0.385. The van der Waals surface area contributed by atoms with Gasteiger partial charge in [0, 0.05) is 17.0 Å². The molecule has 16 heavy (non-hydrogen) atoms. The van der Waals surface area contributed by atoms with Crippen LogP contribution in [0.15, 0.2) is 23.4 Å². The summed E-state index contributed by atoms with van der Waals surface area (Å²) in [6.45, 7) is 0.0676. The molecule has 0 aromatic carbocycles. The Kier molecular flexibility index (Phi) is 3.74. The third kappa shape index (κ3) is 2.88. The lowest BCUT2D eigenvalue weighted by molar-refractivity contribution is 0.200. The SMILES string of the molecule is NC1(CO)CCC(Sc2ccc(Cl)cn2)C1. The second kappa shape index (κ2) is 4.92. The Bertz CT molecular complexity index is 360. The Morgan fingerprint density at radius 1 is 1.62 bits per heavy atom. The van der Waals surface area contributed by atoms with Gasteiger partial charge in [0.1, 0.15) is 0 Å². The fourth-order valence-electron chi connectivity index (χ4n) is 1.95. The summed E-state index contributed by atoms with van der Waals surface area (Å²) in [6.07, 6.45) is 4.42. The molecule has 1 fully saturated rings. The molecule has 1 aromatic rings. The zero-order chi connectivity index (χ0) is 11.6. The molecule has 1 aromatic heterocycles. The predicted molar refractivity (Wildman–Crippen MR) is 66.7 cm³/mol. The Hall–Kier alpha value is -0.290. The Morgan fingerprint density at radius 3 is 3.00 bits per heavy atom. The van der Waals surface area contributed by atoms with Crippen molar-refractivity contribution in [1.29, 1.82) is 0 Å². The molecule has 1 heterocycles. The lowest BCUT2D eigenvalue weighted by Gasteiger charge is -2.20. The van der Waals surface area contributed by atoms with Crippen molar-refractivity contribution in [2.45, 2.75) is 35.1 Å². The zero-order valence-corrected chi connectivity index (χ0v) is 10.5. The van der Waals surface area contributed by atoms with Crippen molar-refractivity contribution < 1.29 is 5.11 Å². The predicted octanol–water partition coefficient (Wildman–Crippen LogP) is 2.07. The fraction of sp³-hybridized carbons (Fsp3) is 0.545. The molecule has 0 saturated heterocycles. The molecule has 88 valence electrons. The number of halogens is 1. The minimum Gasteiger partial charge on any atom is -0.394 e. The van der Waals surface area contributed by atoms with Crippen molar-refractivity contribution in [3.63, 3.8) is 0 Å². The average molecular weight is 259 g/mol. The molecule has 0 radical (unpaired) electrons. The molecule has 1 aliphatic rings. The molecule has 0 spiro atoms. The van der Waals surface area contributed by atoms with Crippen LogP contribution in [0.25, 0.3) is 0 Å². The van der Waals surface area contributed by atoms with Crippen LogP contribution in [0.5, 0.6) is 0 Å². The van der Waals surface area contributed by atoms with Crippen molar-refractivity contribution in [3.05, 3.63) is 23.4 Å². The van der Waals surface area contributed by atoms with Gasteiger partial charge in [0.25, 0.3) is 0 Å². The standard InChI is InChI=1S/C11H15ClN2OS/c12-8-1-2-10(14-6-8)16-9-3-4-11(13,5-9)7-15/h1-2,6,9,15H,3-5,7,13H2. The second-order valence-electron chi connectivity index (χ2n) is 4.32. The first-order valence-corrected chi connectivity index (χ1v) is 6.55. The number of nitrogens with zero attached hydrogens (tertiary/aromatic N) is 1. The van der Waals surface area contributed by atoms with Crippen LogP contribution in [0.4, 0.5) is 0 Å². The number of thioether (sulfide) groups is 1. The van der Waals surface area contributed by atoms with E-state index in [2.05, 4.69) is 4.98 Å². The third-order valence-corrected chi connectivity index (χ3v) is 4.34. The van der Waals surface area contributed by atoms with Gasteiger partial charge in [-0.15, -0.1) is 11.8 Å². The van der Waals surface area contributed by atoms with E-state index < -0.39 is 0 Å². The lowest BCUT2D eigenvalue weighted by Crippen LogP contribution is -2.40. The van der Waals surface area contributed by atoms with Gasteiger partial charge in [-0.1, -0.05) is 11.6 Å². The zero-order valence-electron chi connectivity index (χ0n) is 8.90. The normalized spacial score (nSPS) is 29.6. The topological polar surface area (TPSA) is 59.1 Å². The van der Waals surface area contributed by atoms with Crippen LogP contribution in [-0.4, -0.2) is 27.5 Å². The van der Waals surface area contributed by atoms with E-state index in [1.54, 1.807) is 18.0 Å². The van der Waals surface area contributed by atoms with Crippen molar-refractivity contribution in [3.8, 4) is 0 Å². The average Bonchev–Trinajstić information content (AvgIpc) is 2.65. The first-order valence-electron chi connectivity index (χ1n) is 5.29. The highest BCUT2D eigenvalue weighted by Gasteiger charge is 2.35. The van der Waals surface area contributed by atoms with Crippen LogP contribution in [0.3, 0.4) is 0 Å². The first-order chi connectivity index (χ1) is 7.61. The number of pyridine rings is 1. The highest BCUT2D eigenvalue weighted by Crippen LogP contribution is 2.38. The van der Waals surface area contributed by atoms with E-state index in [0.29, 0.717) is 10.3 Å². The lowest BCUT2D eigenvalue weighted by atomic mass is 10.0. The van der Waals surface area contributed by atoms with Gasteiger partial charge >= 0.3 is 0 Å². The van der Waals surface area contributed by atoms with E-state index in [1.165, 1.54) is 0 Å². The van der Waals surface area contributed by atoms with Crippen molar-refractivity contribution in [1.82, 2.24) is 4.98 Å². The first kappa shape index (κ1) is 12.2. The van der Waals surface area contributed by atoms with Crippen LogP contribution in [0.1, 0.15) is 19.3 Å². The van der Waals surface area contributed by atoms with E-state index in [9.17, 15) is 5.11 Å². The summed E-state index contributed by atoms with van der Waals surface area (Å²) in [5, 5.41) is 11.2. The third-order valence-electron chi connectivity index (χ3n) is 2.90. The van der Waals surface area contributed by atoms with E-state index in [4.69, 9.17) is 17.3 Å². The highest BCUT2D eigenvalue weighted by atomic mass is 35.5. The van der Waals surface area contributed by atoms with Crippen LogP contribution in [-0.2, 0) is 0 Å². The summed E-state index contributed by atoms with van der Waals surface area (Å²) in [5.74, 6) is 0. The van der Waals surface area contributed by atoms with Gasteiger partial charge in [-0.2, -0.15) is 0 Å². The smallest absolute Gasteiger partial charge is 0.0963 e. The number of hydrogen-bond acceptors (Lipinski definition) is 4. The van der Waals surface area contributed by atoms with Crippen molar-refractivity contribution >= 4 is 23.4 Å². The molecule has 5 heteroatoms. The van der Waals surface area contributed by atoms with Crippen LogP contribution >= 0.6 is 23.4 Å². The van der Waals surface area contributed by atoms with Gasteiger partial charge in [0.05, 0.1) is 16.7 Å². The van der Waals surface area contributed by atoms with E-state index >= 15 is 0 Å². The summed E-state index contributed by atoms with van der Waals surface area (Å²) in [4.78, 5) is 4.24. The fourth-order valence-corrected chi connectivity index (χ4v) is 3.32. The molecule has 2 rings (SSSR count). The largest absolute Gasteiger partial charge is 0.394 e. The Morgan fingerprint density at radius 2 is 2.44 bits per heavy atom. The van der Waals surface area contributed by atoms with Gasteiger partial charge in [0.2, 0.25) is 0 Å². The molecule has 3 nitrogen and oxygen atoms in total. The van der Waals surface area contributed by atoms with E-state index in [-0.39, 0.29) is 12.1 Å². The molecule has 0 amide bonds. The van der Waals surface area contributed by atoms with Crippen molar-refractivity contribution in [2.24, 2.45) is 5.73 Å². The monoisotopic (exact) mass is 258 g/mol. The molecule has 2 unspecified atom stereocenters. The second-order valence-corrected chi connectivity index (χ2v) is 6.07. The number of hydrogen-bond donors (Lipinski definition) is 2. The van der Waals surface area contributed by atoms with E-state index in [1.807, 2.05) is 12.1 Å². The number of nitrogens with two attached hydrogens (primary N) is 1. The van der Waals surface area contributed by atoms with Gasteiger partial charge in [-0.05, 0) is 31.4 Å². The number of aliphatic hydroxyl groups excluding tert-OH is 1. The quantitative estimate of drug-likeness (QED) is 0.872. The van der Waals surface area contributed by atoms with Gasteiger partial charge in [-0.25, -0.2) is 4.98 Å². The summed E-state index contributed by atoms with van der Waals surface area (Å²) in [5.41, 5.74) is 5.64. The van der Waals surface area contributed by atoms with Crippen LogP contribution < -0.4 is 5.73 Å². The summed E-state index contributed by atoms with van der Waals surface area (Å²) >= 11 is 7.49. The Balaban J connectivity index is 1.94. The minimum absolute atomic E-state index is 0.0676. The summed E-state index contributed by atoms with van der Waals surface area (Å²) in [7, 11) is 0. The molecule has 1 saturated carbocycles. The van der Waals surface area contributed by atoms with Gasteiger partial charge < -0.3 is 10.8 Å². The van der Waals surface area contributed by atoms with Gasteiger partial charge in [-0.3, -0.25) is 0 Å². The van der Waals surface area contributed by atoms with Gasteiger partial charge in [0.15, 0.2) is 0 Å². The maximum Gasteiger partial charge on any atom is 0.0963 e. The number of rotatable bonds is 3. The molecule has 2 atom stereocenters. The molecule has 1 aliphatic carbocycles. The maximum atomic E-state index is 9.18. The molecular weight excluding hydrogens is 244 g/mol. The summed E-state index contributed by atoms with van der Waals surface area (Å²) < 4.78 is 0. The Labute approximate surface area is 104 Å². The van der Waals surface area contributed by atoms with Crippen LogP contribution in [0, 0.1) is 0 Å². The molecule has 0 aliphatic heterocycles. The van der Waals surface area contributed by atoms with E-state index in [0.717, 1.165) is 24.3 Å². The number of aromatic nitrogens is 1. The number of aliphatic hydroxyl groups is 1.